The Bertz CT molecular complexity index is 341. The second kappa shape index (κ2) is 6.03. The van der Waals surface area contributed by atoms with E-state index in [0.717, 1.165) is 5.56 Å². The molecule has 0 unspecified atom stereocenters. The van der Waals surface area contributed by atoms with Gasteiger partial charge in [-0.2, -0.15) is 0 Å². The number of alkyl halides is 1. The van der Waals surface area contributed by atoms with E-state index in [1.54, 1.807) is 0 Å². The molecule has 3 amide bonds. The minimum absolute atomic E-state index is 0.223. The van der Waals surface area contributed by atoms with E-state index in [1.807, 2.05) is 30.3 Å². The van der Waals surface area contributed by atoms with Crippen LogP contribution in [0.1, 0.15) is 5.56 Å². The molecule has 0 saturated carbocycles. The quantitative estimate of drug-likeness (QED) is 0.763. The monoisotopic (exact) mass is 226 g/mol. The molecule has 0 spiro atoms. The summed E-state index contributed by atoms with van der Waals surface area (Å²) in [6, 6.07) is 8.86. The van der Waals surface area contributed by atoms with Crippen LogP contribution in [0.15, 0.2) is 30.3 Å². The first-order valence-electron chi connectivity index (χ1n) is 4.40. The Morgan fingerprint density at radius 1 is 1.20 bits per heavy atom. The van der Waals surface area contributed by atoms with Crippen LogP contribution in [0.3, 0.4) is 0 Å². The van der Waals surface area contributed by atoms with Crippen LogP contribution in [0.4, 0.5) is 4.79 Å². The maximum atomic E-state index is 11.1. The molecule has 2 N–H and O–H groups in total. The van der Waals surface area contributed by atoms with Gasteiger partial charge in [-0.15, -0.1) is 11.6 Å². The van der Waals surface area contributed by atoms with Gasteiger partial charge in [-0.1, -0.05) is 30.3 Å². The molecule has 1 aromatic rings. The number of benzene rings is 1. The summed E-state index contributed by atoms with van der Waals surface area (Å²) in [6.45, 7) is 0.377. The average Bonchev–Trinajstić information content (AvgIpc) is 2.27. The van der Waals surface area contributed by atoms with Crippen molar-refractivity contribution in [2.24, 2.45) is 0 Å². The smallest absolute Gasteiger partial charge is 0.321 e. The van der Waals surface area contributed by atoms with E-state index < -0.39 is 11.9 Å². The molecule has 4 nitrogen and oxygen atoms in total. The number of carbonyl (C=O) groups excluding carboxylic acids is 2. The first kappa shape index (κ1) is 11.5. The van der Waals surface area contributed by atoms with E-state index >= 15 is 0 Å². The zero-order valence-electron chi connectivity index (χ0n) is 8.00. The normalized spacial score (nSPS) is 9.40. The van der Waals surface area contributed by atoms with Crippen molar-refractivity contribution < 1.29 is 9.59 Å². The Hall–Kier alpha value is -1.55. The van der Waals surface area contributed by atoms with Gasteiger partial charge in [-0.05, 0) is 5.56 Å². The Kier molecular flexibility index (Phi) is 4.63. The molecule has 0 aliphatic heterocycles. The lowest BCUT2D eigenvalue weighted by molar-refractivity contribution is -0.117. The van der Waals surface area contributed by atoms with Gasteiger partial charge >= 0.3 is 6.03 Å². The third-order valence-corrected chi connectivity index (χ3v) is 1.91. The first-order chi connectivity index (χ1) is 7.22. The maximum Gasteiger partial charge on any atom is 0.321 e. The molecule has 0 saturated heterocycles. The second-order valence-electron chi connectivity index (χ2n) is 2.85. The van der Waals surface area contributed by atoms with Crippen LogP contribution < -0.4 is 10.6 Å². The summed E-state index contributed by atoms with van der Waals surface area (Å²) in [5, 5.41) is 4.61. The zero-order chi connectivity index (χ0) is 11.1. The molecule has 0 radical (unpaired) electrons. The highest BCUT2D eigenvalue weighted by atomic mass is 35.5. The summed E-state index contributed by atoms with van der Waals surface area (Å²) in [4.78, 5) is 21.8. The highest BCUT2D eigenvalue weighted by Gasteiger charge is 2.04. The number of amides is 3. The van der Waals surface area contributed by atoms with E-state index in [2.05, 4.69) is 10.6 Å². The molecule has 0 fully saturated rings. The molecule has 15 heavy (non-hydrogen) atoms. The lowest BCUT2D eigenvalue weighted by Gasteiger charge is -2.05. The predicted molar refractivity (Wildman–Crippen MR) is 57.5 cm³/mol. The van der Waals surface area contributed by atoms with Crippen molar-refractivity contribution in [3.63, 3.8) is 0 Å². The standard InChI is InChI=1S/C10H11ClN2O2/c11-6-9(14)13-10(15)12-7-8-4-2-1-3-5-8/h1-5H,6-7H2,(H2,12,13,14,15). The predicted octanol–water partition coefficient (Wildman–Crippen LogP) is 1.25. The van der Waals surface area contributed by atoms with Crippen molar-refractivity contribution >= 4 is 23.5 Å². The summed E-state index contributed by atoms with van der Waals surface area (Å²) in [5.41, 5.74) is 0.964. The Morgan fingerprint density at radius 3 is 2.47 bits per heavy atom. The molecule has 0 aromatic heterocycles. The average molecular weight is 227 g/mol. The number of carbonyl (C=O) groups is 2. The number of hydrogen-bond donors (Lipinski definition) is 2. The molecule has 80 valence electrons. The van der Waals surface area contributed by atoms with Crippen LogP contribution in [0.5, 0.6) is 0 Å². The molecule has 1 rings (SSSR count). The first-order valence-corrected chi connectivity index (χ1v) is 4.93. The van der Waals surface area contributed by atoms with Crippen LogP contribution in [0.2, 0.25) is 0 Å². The van der Waals surface area contributed by atoms with Gasteiger partial charge in [-0.25, -0.2) is 4.79 Å². The highest BCUT2D eigenvalue weighted by molar-refractivity contribution is 6.28. The third kappa shape index (κ3) is 4.46. The van der Waals surface area contributed by atoms with Crippen molar-refractivity contribution in [3.8, 4) is 0 Å². The van der Waals surface area contributed by atoms with Gasteiger partial charge in [0, 0.05) is 6.54 Å². The van der Waals surface area contributed by atoms with Gasteiger partial charge in [0.1, 0.15) is 5.88 Å². The molecule has 0 aliphatic rings. The van der Waals surface area contributed by atoms with Gasteiger partial charge in [0.05, 0.1) is 0 Å². The van der Waals surface area contributed by atoms with Crippen LogP contribution >= 0.6 is 11.6 Å². The Morgan fingerprint density at radius 2 is 1.87 bits per heavy atom. The SMILES string of the molecule is O=C(CCl)NC(=O)NCc1ccccc1. The summed E-state index contributed by atoms with van der Waals surface area (Å²) >= 11 is 5.22. The van der Waals surface area contributed by atoms with Gasteiger partial charge in [-0.3, -0.25) is 10.1 Å². The molecule has 0 bridgehead atoms. The summed E-state index contributed by atoms with van der Waals surface area (Å²) in [5.74, 6) is -0.735. The van der Waals surface area contributed by atoms with Crippen LogP contribution in [-0.2, 0) is 11.3 Å². The fraction of sp³-hybridized carbons (Fsp3) is 0.200. The van der Waals surface area contributed by atoms with E-state index in [0.29, 0.717) is 6.54 Å². The van der Waals surface area contributed by atoms with Crippen molar-refractivity contribution in [2.45, 2.75) is 6.54 Å². The lowest BCUT2D eigenvalue weighted by Crippen LogP contribution is -2.39. The number of imide groups is 1. The van der Waals surface area contributed by atoms with Gasteiger partial charge < -0.3 is 5.32 Å². The fourth-order valence-corrected chi connectivity index (χ4v) is 1.05. The van der Waals surface area contributed by atoms with E-state index in [-0.39, 0.29) is 5.88 Å². The van der Waals surface area contributed by atoms with E-state index in [9.17, 15) is 9.59 Å². The van der Waals surface area contributed by atoms with Gasteiger partial charge in [0.25, 0.3) is 0 Å². The fourth-order valence-electron chi connectivity index (χ4n) is 0.982. The number of rotatable bonds is 3. The van der Waals surface area contributed by atoms with Crippen molar-refractivity contribution in [1.29, 1.82) is 0 Å². The number of hydrogen-bond acceptors (Lipinski definition) is 2. The summed E-state index contributed by atoms with van der Waals surface area (Å²) in [6.07, 6.45) is 0. The largest absolute Gasteiger partial charge is 0.334 e. The van der Waals surface area contributed by atoms with Crippen LogP contribution in [0, 0.1) is 0 Å². The molecule has 0 atom stereocenters. The van der Waals surface area contributed by atoms with Gasteiger partial charge in [0.15, 0.2) is 0 Å². The van der Waals surface area contributed by atoms with Crippen LogP contribution in [0.25, 0.3) is 0 Å². The Labute approximate surface area is 92.6 Å². The Balaban J connectivity index is 2.32. The van der Waals surface area contributed by atoms with Crippen molar-refractivity contribution in [1.82, 2.24) is 10.6 Å². The lowest BCUT2D eigenvalue weighted by atomic mass is 10.2. The molecule has 0 aliphatic carbocycles. The van der Waals surface area contributed by atoms with Gasteiger partial charge in [0.2, 0.25) is 5.91 Å². The number of halogens is 1. The molecule has 1 aromatic carbocycles. The second-order valence-corrected chi connectivity index (χ2v) is 3.12. The molecule has 5 heteroatoms. The molecule has 0 heterocycles. The topological polar surface area (TPSA) is 58.2 Å². The number of nitrogens with one attached hydrogen (secondary N) is 2. The van der Waals surface area contributed by atoms with E-state index in [1.165, 1.54) is 0 Å². The third-order valence-electron chi connectivity index (χ3n) is 1.67. The molecular weight excluding hydrogens is 216 g/mol. The minimum Gasteiger partial charge on any atom is -0.334 e. The van der Waals surface area contributed by atoms with Crippen LogP contribution in [-0.4, -0.2) is 17.8 Å². The number of urea groups is 1. The van der Waals surface area contributed by atoms with Crippen molar-refractivity contribution in [2.75, 3.05) is 5.88 Å². The highest BCUT2D eigenvalue weighted by Crippen LogP contribution is 1.96. The maximum absolute atomic E-state index is 11.1. The summed E-state index contributed by atoms with van der Waals surface area (Å²) < 4.78 is 0. The summed E-state index contributed by atoms with van der Waals surface area (Å²) in [7, 11) is 0. The molecular formula is C10H11ClN2O2. The zero-order valence-corrected chi connectivity index (χ0v) is 8.75. The minimum atomic E-state index is -0.537. The van der Waals surface area contributed by atoms with Crippen molar-refractivity contribution in [3.05, 3.63) is 35.9 Å². The van der Waals surface area contributed by atoms with E-state index in [4.69, 9.17) is 11.6 Å².